The molecule has 8 nitrogen and oxygen atoms in total. The highest BCUT2D eigenvalue weighted by Gasteiger charge is 2.44. The lowest BCUT2D eigenvalue weighted by atomic mass is 10.4. The van der Waals surface area contributed by atoms with Gasteiger partial charge in [-0.3, -0.25) is 19.3 Å². The van der Waals surface area contributed by atoms with Crippen LogP contribution >= 0.6 is 11.6 Å². The van der Waals surface area contributed by atoms with Crippen LogP contribution in [0.15, 0.2) is 31.0 Å². The molecule has 1 fully saturated rings. The third-order valence-corrected chi connectivity index (χ3v) is 3.08. The summed E-state index contributed by atoms with van der Waals surface area (Å²) in [6.45, 7) is 2.70. The minimum absolute atomic E-state index is 0.0688. The van der Waals surface area contributed by atoms with Gasteiger partial charge >= 0.3 is 17.8 Å². The van der Waals surface area contributed by atoms with E-state index in [4.69, 9.17) is 11.6 Å². The van der Waals surface area contributed by atoms with Crippen LogP contribution in [0.4, 0.5) is 10.5 Å². The Kier molecular flexibility index (Phi) is 4.52. The molecule has 2 heterocycles. The Morgan fingerprint density at radius 1 is 1.32 bits per heavy atom. The van der Waals surface area contributed by atoms with Crippen molar-refractivity contribution in [1.82, 2.24) is 14.8 Å². The predicted octanol–water partition coefficient (Wildman–Crippen LogP) is 0.650. The summed E-state index contributed by atoms with van der Waals surface area (Å²) >= 11 is 5.78. The number of pyridine rings is 1. The third kappa shape index (κ3) is 2.96. The first-order chi connectivity index (χ1) is 10.5. The molecule has 22 heavy (non-hydrogen) atoms. The summed E-state index contributed by atoms with van der Waals surface area (Å²) < 4.78 is 0. The monoisotopic (exact) mass is 322 g/mol. The van der Waals surface area contributed by atoms with Crippen molar-refractivity contribution < 1.29 is 19.2 Å². The molecule has 2 rings (SSSR count). The average Bonchev–Trinajstić information content (AvgIpc) is 2.68. The standard InChI is InChI=1S/C13H11ClN4O4/c1-2-6-17-11(20)12(21)18(13(17)22)7-9(19)16-8-4-3-5-15-10(8)14/h2-5H,1,6-7H2,(H,16,19). The largest absolute Gasteiger partial charge is 0.335 e. The molecule has 1 aliphatic rings. The maximum Gasteiger partial charge on any atom is 0.335 e. The van der Waals surface area contributed by atoms with Crippen molar-refractivity contribution in [2.24, 2.45) is 0 Å². The maximum absolute atomic E-state index is 11.9. The van der Waals surface area contributed by atoms with Gasteiger partial charge in [-0.15, -0.1) is 6.58 Å². The highest BCUT2D eigenvalue weighted by atomic mass is 35.5. The lowest BCUT2D eigenvalue weighted by molar-refractivity contribution is -0.143. The molecule has 1 aliphatic heterocycles. The van der Waals surface area contributed by atoms with Crippen LogP contribution in [0.25, 0.3) is 0 Å². The number of nitrogens with one attached hydrogen (secondary N) is 1. The zero-order chi connectivity index (χ0) is 16.3. The van der Waals surface area contributed by atoms with Gasteiger partial charge in [0.15, 0.2) is 5.15 Å². The van der Waals surface area contributed by atoms with Gasteiger partial charge in [0.1, 0.15) is 6.54 Å². The van der Waals surface area contributed by atoms with Crippen molar-refractivity contribution >= 4 is 41.0 Å². The number of halogens is 1. The Labute approximate surface area is 130 Å². The fourth-order valence-electron chi connectivity index (χ4n) is 1.79. The zero-order valence-corrected chi connectivity index (χ0v) is 12.0. The summed E-state index contributed by atoms with van der Waals surface area (Å²) in [6.07, 6.45) is 2.75. The quantitative estimate of drug-likeness (QED) is 0.371. The van der Waals surface area contributed by atoms with Crippen molar-refractivity contribution in [2.45, 2.75) is 0 Å². The molecule has 0 radical (unpaired) electrons. The number of nitrogens with zero attached hydrogens (tertiary/aromatic N) is 3. The van der Waals surface area contributed by atoms with Crippen molar-refractivity contribution in [1.29, 1.82) is 0 Å². The van der Waals surface area contributed by atoms with Crippen LogP contribution in [0, 0.1) is 0 Å². The molecular formula is C13H11ClN4O4. The second kappa shape index (κ2) is 6.35. The van der Waals surface area contributed by atoms with Gasteiger partial charge in [-0.2, -0.15) is 0 Å². The molecule has 5 amide bonds. The second-order valence-electron chi connectivity index (χ2n) is 4.27. The van der Waals surface area contributed by atoms with Crippen molar-refractivity contribution in [3.8, 4) is 0 Å². The number of carbonyl (C=O) groups is 4. The van der Waals surface area contributed by atoms with Gasteiger partial charge < -0.3 is 5.32 Å². The summed E-state index contributed by atoms with van der Waals surface area (Å²) in [7, 11) is 0. The molecule has 0 saturated carbocycles. The maximum atomic E-state index is 11.9. The van der Waals surface area contributed by atoms with Crippen LogP contribution in [-0.4, -0.2) is 51.6 Å². The van der Waals surface area contributed by atoms with E-state index in [0.29, 0.717) is 9.80 Å². The Hall–Kier alpha value is -2.74. The molecular weight excluding hydrogens is 312 g/mol. The molecule has 0 spiro atoms. The first kappa shape index (κ1) is 15.6. The molecule has 0 bridgehead atoms. The molecule has 0 unspecified atom stereocenters. The molecule has 9 heteroatoms. The summed E-state index contributed by atoms with van der Waals surface area (Å²) in [5.41, 5.74) is 0.238. The SMILES string of the molecule is C=CCN1C(=O)C(=O)N(CC(=O)Nc2cccnc2Cl)C1=O. The molecule has 1 N–H and O–H groups in total. The zero-order valence-electron chi connectivity index (χ0n) is 11.3. The van der Waals surface area contributed by atoms with E-state index in [-0.39, 0.29) is 17.4 Å². The van der Waals surface area contributed by atoms with Crippen LogP contribution < -0.4 is 5.32 Å². The third-order valence-electron chi connectivity index (χ3n) is 2.78. The Morgan fingerprint density at radius 2 is 2.00 bits per heavy atom. The van der Waals surface area contributed by atoms with Crippen molar-refractivity contribution in [3.63, 3.8) is 0 Å². The second-order valence-corrected chi connectivity index (χ2v) is 4.63. The van der Waals surface area contributed by atoms with Crippen LogP contribution in [0.3, 0.4) is 0 Å². The van der Waals surface area contributed by atoms with Gasteiger partial charge in [-0.1, -0.05) is 17.7 Å². The summed E-state index contributed by atoms with van der Waals surface area (Å²) in [4.78, 5) is 52.2. The Balaban J connectivity index is 2.07. The number of amides is 5. The number of rotatable bonds is 5. The highest BCUT2D eigenvalue weighted by molar-refractivity contribution is 6.45. The summed E-state index contributed by atoms with van der Waals surface area (Å²) in [5, 5.41) is 2.48. The smallest absolute Gasteiger partial charge is 0.322 e. The summed E-state index contributed by atoms with van der Waals surface area (Å²) in [5.74, 6) is -2.72. The van der Waals surface area contributed by atoms with Crippen LogP contribution in [0.1, 0.15) is 0 Å². The average molecular weight is 323 g/mol. The Morgan fingerprint density at radius 3 is 2.64 bits per heavy atom. The fraction of sp³-hybridized carbons (Fsp3) is 0.154. The number of aromatic nitrogens is 1. The van der Waals surface area contributed by atoms with Crippen molar-refractivity contribution in [3.05, 3.63) is 36.1 Å². The van der Waals surface area contributed by atoms with Crippen LogP contribution in [-0.2, 0) is 14.4 Å². The number of hydrogen-bond donors (Lipinski definition) is 1. The first-order valence-electron chi connectivity index (χ1n) is 6.14. The number of imide groups is 2. The van der Waals surface area contributed by atoms with Gasteiger partial charge in [0, 0.05) is 12.7 Å². The molecule has 0 aliphatic carbocycles. The van der Waals surface area contributed by atoms with E-state index in [1.54, 1.807) is 6.07 Å². The predicted molar refractivity (Wildman–Crippen MR) is 76.9 cm³/mol. The van der Waals surface area contributed by atoms with Gasteiger partial charge in [0.2, 0.25) is 5.91 Å². The van der Waals surface area contributed by atoms with E-state index >= 15 is 0 Å². The number of urea groups is 1. The minimum Gasteiger partial charge on any atom is -0.322 e. The lowest BCUT2D eigenvalue weighted by Crippen LogP contribution is -2.39. The Bertz CT molecular complexity index is 676. The van der Waals surface area contributed by atoms with E-state index in [9.17, 15) is 19.2 Å². The van der Waals surface area contributed by atoms with E-state index in [0.717, 1.165) is 0 Å². The van der Waals surface area contributed by atoms with E-state index in [2.05, 4.69) is 16.9 Å². The van der Waals surface area contributed by atoms with Crippen molar-refractivity contribution in [2.75, 3.05) is 18.4 Å². The fourth-order valence-corrected chi connectivity index (χ4v) is 1.96. The first-order valence-corrected chi connectivity index (χ1v) is 6.52. The van der Waals surface area contributed by atoms with Crippen LogP contribution in [0.2, 0.25) is 5.15 Å². The van der Waals surface area contributed by atoms with Gasteiger partial charge in [-0.05, 0) is 12.1 Å². The molecule has 114 valence electrons. The molecule has 0 aromatic carbocycles. The number of carbonyl (C=O) groups excluding carboxylic acids is 4. The molecule has 1 aromatic heterocycles. The minimum atomic E-state index is -1.06. The summed E-state index contributed by atoms with van der Waals surface area (Å²) in [6, 6.07) is 2.21. The van der Waals surface area contributed by atoms with Gasteiger partial charge in [0.05, 0.1) is 5.69 Å². The normalized spacial score (nSPS) is 14.5. The lowest BCUT2D eigenvalue weighted by Gasteiger charge is -2.14. The number of anilines is 1. The van der Waals surface area contributed by atoms with Crippen LogP contribution in [0.5, 0.6) is 0 Å². The molecule has 0 atom stereocenters. The number of hydrogen-bond acceptors (Lipinski definition) is 5. The highest BCUT2D eigenvalue weighted by Crippen LogP contribution is 2.18. The molecule has 1 saturated heterocycles. The van der Waals surface area contributed by atoms with E-state index in [1.165, 1.54) is 18.3 Å². The van der Waals surface area contributed by atoms with E-state index < -0.39 is 30.3 Å². The topological polar surface area (TPSA) is 99.7 Å². The molecule has 1 aromatic rings. The van der Waals surface area contributed by atoms with Gasteiger partial charge in [-0.25, -0.2) is 14.7 Å². The van der Waals surface area contributed by atoms with E-state index in [1.807, 2.05) is 0 Å². The van der Waals surface area contributed by atoms with Gasteiger partial charge in [0.25, 0.3) is 0 Å².